The van der Waals surface area contributed by atoms with Crippen LogP contribution in [0.15, 0.2) is 66.9 Å². The lowest BCUT2D eigenvalue weighted by molar-refractivity contribution is -0.312. The van der Waals surface area contributed by atoms with E-state index in [0.717, 1.165) is 28.9 Å². The fraction of sp³-hybridized carbons (Fsp3) is 0.276. The second-order valence-electron chi connectivity index (χ2n) is 10.3. The first-order valence-corrected chi connectivity index (χ1v) is 14.1. The Bertz CT molecular complexity index is 1700. The van der Waals surface area contributed by atoms with Crippen molar-refractivity contribution in [3.05, 3.63) is 99.7 Å². The third kappa shape index (κ3) is 6.26. The predicted octanol–water partition coefficient (Wildman–Crippen LogP) is 5.97. The van der Waals surface area contributed by atoms with E-state index in [1.807, 2.05) is 0 Å². The number of halogens is 7. The molecule has 6 atom stereocenters. The zero-order valence-corrected chi connectivity index (χ0v) is 24.1. The molecular weight excluding hydrogens is 650 g/mol. The number of fused-ring (bicyclic) bond motifs is 1. The molecule has 0 radical (unpaired) electrons. The molecule has 2 aliphatic rings. The number of alkyl halides is 3. The van der Waals surface area contributed by atoms with Gasteiger partial charge in [0.2, 0.25) is 0 Å². The van der Waals surface area contributed by atoms with Gasteiger partial charge in [0.05, 0.1) is 24.1 Å². The highest BCUT2D eigenvalue weighted by atomic mass is 35.5. The van der Waals surface area contributed by atoms with Gasteiger partial charge < -0.3 is 24.6 Å². The molecule has 0 saturated carbocycles. The third-order valence-corrected chi connectivity index (χ3v) is 7.94. The van der Waals surface area contributed by atoms with E-state index in [1.54, 1.807) is 30.3 Å². The van der Waals surface area contributed by atoms with Gasteiger partial charge >= 0.3 is 6.18 Å². The number of aromatic nitrogens is 3. The molecule has 2 saturated heterocycles. The van der Waals surface area contributed by atoms with Crippen LogP contribution in [-0.4, -0.2) is 57.0 Å². The summed E-state index contributed by atoms with van der Waals surface area (Å²) in [6, 6.07) is 12.1. The average Bonchev–Trinajstić information content (AvgIpc) is 3.48. The lowest BCUT2D eigenvalue weighted by Gasteiger charge is -2.47. The smallest absolute Gasteiger partial charge is 0.387 e. The van der Waals surface area contributed by atoms with E-state index in [0.29, 0.717) is 11.6 Å². The molecule has 1 unspecified atom stereocenters. The lowest BCUT2D eigenvalue weighted by Crippen LogP contribution is -2.61. The number of hydrogen-bond acceptors (Lipinski definition) is 7. The highest BCUT2D eigenvalue weighted by Crippen LogP contribution is 2.41. The zero-order valence-electron chi connectivity index (χ0n) is 22.6. The first-order valence-electron chi connectivity index (χ1n) is 13.3. The topological polar surface area (TPSA) is 108 Å². The van der Waals surface area contributed by atoms with Crippen LogP contribution in [0.25, 0.3) is 11.3 Å². The second-order valence-corrected chi connectivity index (χ2v) is 11.1. The van der Waals surface area contributed by atoms with Crippen molar-refractivity contribution in [3.8, 4) is 11.3 Å². The highest BCUT2D eigenvalue weighted by molar-refractivity contribution is 6.31. The summed E-state index contributed by atoms with van der Waals surface area (Å²) in [6.45, 7) is -0.142. The molecule has 0 spiro atoms. The van der Waals surface area contributed by atoms with Crippen molar-refractivity contribution in [2.45, 2.75) is 42.9 Å². The van der Waals surface area contributed by atoms with Crippen molar-refractivity contribution >= 4 is 34.8 Å². The molecule has 0 aliphatic carbocycles. The van der Waals surface area contributed by atoms with Gasteiger partial charge in [-0.25, -0.2) is 13.5 Å². The fourth-order valence-corrected chi connectivity index (χ4v) is 5.53. The maximum Gasteiger partial charge on any atom is 0.418 e. The summed E-state index contributed by atoms with van der Waals surface area (Å²) in [4.78, 5) is 13.4. The minimum atomic E-state index is -4.83. The standard InChI is InChI=1S/C29H21Cl2F5N4O5/c30-15-6-7-16(29(34,35)36)19(10-15)37-27(42)26-24(41)23(25-21(44-26)12-43-28(45-25)13-4-2-1-3-5-13)40-11-20(38-39-40)14-8-17(32)22(31)18(33)9-14/h1-11,21,23-26,28,41H,12H2,(H,37,42)/t21-,23-,24-,25+,26-,28?/m1/s1. The van der Waals surface area contributed by atoms with Crippen LogP contribution in [0.5, 0.6) is 0 Å². The lowest BCUT2D eigenvalue weighted by atomic mass is 9.91. The number of carbonyl (C=O) groups excluding carboxylic acids is 1. The Labute approximate surface area is 261 Å². The third-order valence-electron chi connectivity index (χ3n) is 7.35. The van der Waals surface area contributed by atoms with E-state index < -0.39 is 76.7 Å². The summed E-state index contributed by atoms with van der Waals surface area (Å²) in [7, 11) is 0. The largest absolute Gasteiger partial charge is 0.418 e. The zero-order chi connectivity index (χ0) is 32.0. The van der Waals surface area contributed by atoms with E-state index in [4.69, 9.17) is 37.4 Å². The summed E-state index contributed by atoms with van der Waals surface area (Å²) in [5.74, 6) is -3.20. The number of aliphatic hydroxyl groups excluding tert-OH is 1. The molecule has 0 bridgehead atoms. The molecule has 45 heavy (non-hydrogen) atoms. The average molecular weight is 671 g/mol. The summed E-state index contributed by atoms with van der Waals surface area (Å²) >= 11 is 11.5. The summed E-state index contributed by atoms with van der Waals surface area (Å²) in [6.07, 6.45) is -10.1. The van der Waals surface area contributed by atoms with Gasteiger partial charge in [-0.15, -0.1) is 5.10 Å². The van der Waals surface area contributed by atoms with Crippen molar-refractivity contribution in [2.75, 3.05) is 11.9 Å². The van der Waals surface area contributed by atoms with Crippen LogP contribution in [0.1, 0.15) is 23.5 Å². The number of rotatable bonds is 5. The molecule has 236 valence electrons. The van der Waals surface area contributed by atoms with Crippen LogP contribution >= 0.6 is 23.2 Å². The number of nitrogens with one attached hydrogen (secondary N) is 1. The number of carbonyl (C=O) groups is 1. The molecule has 4 aromatic rings. The molecule has 1 aromatic heterocycles. The Morgan fingerprint density at radius 3 is 2.42 bits per heavy atom. The number of nitrogens with zero attached hydrogens (tertiary/aromatic N) is 3. The SMILES string of the molecule is O=C(Nc1cc(Cl)ccc1C(F)(F)F)[C@@H]1O[C@@H]2COC(c3ccccc3)O[C@@H]2[C@H](n2cc(-c3cc(F)c(Cl)c(F)c3)nn2)[C@H]1O. The van der Waals surface area contributed by atoms with Gasteiger partial charge in [-0.2, -0.15) is 13.2 Å². The van der Waals surface area contributed by atoms with E-state index in [9.17, 15) is 31.9 Å². The van der Waals surface area contributed by atoms with Gasteiger partial charge in [-0.05, 0) is 30.3 Å². The molecule has 3 heterocycles. The predicted molar refractivity (Wildman–Crippen MR) is 149 cm³/mol. The van der Waals surface area contributed by atoms with Gasteiger partial charge in [0.15, 0.2) is 12.4 Å². The van der Waals surface area contributed by atoms with Gasteiger partial charge in [0, 0.05) is 16.1 Å². The van der Waals surface area contributed by atoms with Gasteiger partial charge in [-0.3, -0.25) is 4.79 Å². The van der Waals surface area contributed by atoms with Crippen LogP contribution < -0.4 is 5.32 Å². The monoisotopic (exact) mass is 670 g/mol. The Balaban J connectivity index is 1.35. The van der Waals surface area contributed by atoms with Crippen molar-refractivity contribution in [1.29, 1.82) is 0 Å². The second kappa shape index (κ2) is 12.3. The number of ether oxygens (including phenoxy) is 3. The first-order chi connectivity index (χ1) is 21.4. The van der Waals surface area contributed by atoms with Crippen LogP contribution in [0, 0.1) is 11.6 Å². The van der Waals surface area contributed by atoms with Crippen molar-refractivity contribution in [2.24, 2.45) is 0 Å². The Hall–Kier alpha value is -3.66. The number of anilines is 1. The highest BCUT2D eigenvalue weighted by Gasteiger charge is 2.53. The summed E-state index contributed by atoms with van der Waals surface area (Å²) in [5, 5.41) is 20.9. The summed E-state index contributed by atoms with van der Waals surface area (Å²) < 4.78 is 88.4. The van der Waals surface area contributed by atoms with Crippen LogP contribution in [0.3, 0.4) is 0 Å². The van der Waals surface area contributed by atoms with Gasteiger partial charge in [-0.1, -0.05) is 58.7 Å². The molecule has 2 fully saturated rings. The molecule has 16 heteroatoms. The normalized spacial score (nSPS) is 25.1. The van der Waals surface area contributed by atoms with Crippen LogP contribution in [0.4, 0.5) is 27.6 Å². The van der Waals surface area contributed by atoms with Crippen molar-refractivity contribution < 1.29 is 46.1 Å². The summed E-state index contributed by atoms with van der Waals surface area (Å²) in [5.41, 5.74) is -1.22. The number of aliphatic hydroxyl groups is 1. The molecule has 2 aliphatic heterocycles. The minimum Gasteiger partial charge on any atom is -0.387 e. The number of amides is 1. The number of benzene rings is 3. The van der Waals surface area contributed by atoms with E-state index in [-0.39, 0.29) is 22.9 Å². The van der Waals surface area contributed by atoms with Gasteiger partial charge in [0.25, 0.3) is 5.91 Å². The Morgan fingerprint density at radius 1 is 1.02 bits per heavy atom. The van der Waals surface area contributed by atoms with E-state index in [2.05, 4.69) is 15.6 Å². The maximum atomic E-state index is 14.2. The van der Waals surface area contributed by atoms with Crippen molar-refractivity contribution in [3.63, 3.8) is 0 Å². The molecule has 6 rings (SSSR count). The van der Waals surface area contributed by atoms with E-state index in [1.165, 1.54) is 6.20 Å². The van der Waals surface area contributed by atoms with E-state index >= 15 is 0 Å². The molecule has 1 amide bonds. The number of hydrogen-bond donors (Lipinski definition) is 2. The molecular formula is C29H21Cl2F5N4O5. The fourth-order valence-electron chi connectivity index (χ4n) is 5.24. The molecule has 9 nitrogen and oxygen atoms in total. The Kier molecular flexibility index (Phi) is 8.54. The van der Waals surface area contributed by atoms with Crippen LogP contribution in [0.2, 0.25) is 10.0 Å². The Morgan fingerprint density at radius 2 is 1.73 bits per heavy atom. The minimum absolute atomic E-state index is 0.0128. The molecule has 3 aromatic carbocycles. The van der Waals surface area contributed by atoms with Gasteiger partial charge in [0.1, 0.15) is 46.7 Å². The van der Waals surface area contributed by atoms with Crippen molar-refractivity contribution in [1.82, 2.24) is 15.0 Å². The quantitative estimate of drug-likeness (QED) is 0.199. The maximum absolute atomic E-state index is 14.2. The molecule has 2 N–H and O–H groups in total. The van der Waals surface area contributed by atoms with Crippen LogP contribution in [-0.2, 0) is 25.2 Å². The first kappa shape index (κ1) is 31.3.